The second-order valence-electron chi connectivity index (χ2n) is 3.74. The largest absolute Gasteiger partial charge is 0.317 e. The zero-order valence-electron chi connectivity index (χ0n) is 8.46. The summed E-state index contributed by atoms with van der Waals surface area (Å²) in [6.45, 7) is 4.25. The highest BCUT2D eigenvalue weighted by atomic mass is 35.5. The van der Waals surface area contributed by atoms with Crippen LogP contribution in [-0.4, -0.2) is 22.9 Å². The Morgan fingerprint density at radius 2 is 2.29 bits per heavy atom. The summed E-state index contributed by atoms with van der Waals surface area (Å²) >= 11 is 6.24. The molecule has 0 spiro atoms. The van der Waals surface area contributed by atoms with E-state index >= 15 is 0 Å². The van der Waals surface area contributed by atoms with Gasteiger partial charge in [0.15, 0.2) is 0 Å². The molecule has 0 amide bonds. The van der Waals surface area contributed by atoms with Crippen molar-refractivity contribution in [3.05, 3.63) is 16.9 Å². The van der Waals surface area contributed by atoms with Gasteiger partial charge in [0.2, 0.25) is 0 Å². The maximum atomic E-state index is 6.24. The lowest BCUT2D eigenvalue weighted by Gasteiger charge is -2.23. The third kappa shape index (κ3) is 1.79. The number of hydrogen-bond donors (Lipinski definition) is 1. The van der Waals surface area contributed by atoms with Crippen molar-refractivity contribution >= 4 is 11.6 Å². The first-order chi connectivity index (χ1) is 6.83. The summed E-state index contributed by atoms with van der Waals surface area (Å²) in [7, 11) is 0. The Kier molecular flexibility index (Phi) is 3.08. The van der Waals surface area contributed by atoms with Crippen molar-refractivity contribution in [3.63, 3.8) is 0 Å². The molecule has 0 bridgehead atoms. The van der Waals surface area contributed by atoms with E-state index in [9.17, 15) is 0 Å². The number of nitrogens with zero attached hydrogens (tertiary/aromatic N) is 2. The van der Waals surface area contributed by atoms with E-state index in [1.807, 2.05) is 10.9 Å². The first-order valence-corrected chi connectivity index (χ1v) is 5.63. The van der Waals surface area contributed by atoms with Crippen molar-refractivity contribution in [2.75, 3.05) is 13.1 Å². The molecule has 1 fully saturated rings. The van der Waals surface area contributed by atoms with Crippen molar-refractivity contribution in [3.8, 4) is 0 Å². The number of rotatable bonds is 2. The Hall–Kier alpha value is -0.540. The third-order valence-electron chi connectivity index (χ3n) is 2.84. The first kappa shape index (κ1) is 9.99. The van der Waals surface area contributed by atoms with Gasteiger partial charge >= 0.3 is 0 Å². The van der Waals surface area contributed by atoms with Crippen LogP contribution in [0.15, 0.2) is 6.20 Å². The van der Waals surface area contributed by atoms with E-state index in [0.29, 0.717) is 6.04 Å². The van der Waals surface area contributed by atoms with Gasteiger partial charge in [-0.25, -0.2) is 0 Å². The van der Waals surface area contributed by atoms with Crippen LogP contribution in [0, 0.1) is 0 Å². The van der Waals surface area contributed by atoms with Crippen LogP contribution in [0.3, 0.4) is 0 Å². The molecule has 1 aromatic rings. The predicted molar refractivity (Wildman–Crippen MR) is 57.8 cm³/mol. The molecule has 0 aromatic carbocycles. The van der Waals surface area contributed by atoms with Gasteiger partial charge in [-0.1, -0.05) is 18.5 Å². The smallest absolute Gasteiger partial charge is 0.130 e. The molecule has 0 atom stereocenters. The van der Waals surface area contributed by atoms with Gasteiger partial charge in [0.25, 0.3) is 0 Å². The zero-order chi connectivity index (χ0) is 9.97. The molecule has 14 heavy (non-hydrogen) atoms. The highest BCUT2D eigenvalue weighted by Gasteiger charge is 2.18. The molecule has 4 heteroatoms. The average molecular weight is 214 g/mol. The maximum Gasteiger partial charge on any atom is 0.130 e. The second kappa shape index (κ2) is 4.32. The van der Waals surface area contributed by atoms with Gasteiger partial charge in [0.05, 0.1) is 12.2 Å². The van der Waals surface area contributed by atoms with E-state index in [-0.39, 0.29) is 0 Å². The summed E-state index contributed by atoms with van der Waals surface area (Å²) in [5.74, 6) is 0. The normalized spacial score (nSPS) is 18.7. The van der Waals surface area contributed by atoms with Crippen molar-refractivity contribution in [2.45, 2.75) is 32.2 Å². The monoisotopic (exact) mass is 213 g/mol. The fourth-order valence-corrected chi connectivity index (χ4v) is 2.29. The Morgan fingerprint density at radius 3 is 2.86 bits per heavy atom. The fraction of sp³-hybridized carbons (Fsp3) is 0.700. The van der Waals surface area contributed by atoms with Gasteiger partial charge < -0.3 is 5.32 Å². The molecule has 0 saturated carbocycles. The number of hydrogen-bond acceptors (Lipinski definition) is 2. The Balaban J connectivity index is 2.18. The van der Waals surface area contributed by atoms with Crippen molar-refractivity contribution < 1.29 is 0 Å². The van der Waals surface area contributed by atoms with E-state index in [1.54, 1.807) is 0 Å². The highest BCUT2D eigenvalue weighted by Crippen LogP contribution is 2.25. The lowest BCUT2D eigenvalue weighted by molar-refractivity contribution is 0.343. The zero-order valence-corrected chi connectivity index (χ0v) is 9.22. The third-order valence-corrected chi connectivity index (χ3v) is 3.26. The summed E-state index contributed by atoms with van der Waals surface area (Å²) in [5, 5.41) is 8.54. The maximum absolute atomic E-state index is 6.24. The molecule has 0 aliphatic carbocycles. The number of halogens is 1. The van der Waals surface area contributed by atoms with E-state index in [0.717, 1.165) is 43.1 Å². The first-order valence-electron chi connectivity index (χ1n) is 5.25. The summed E-state index contributed by atoms with van der Waals surface area (Å²) in [6, 6.07) is 0.490. The van der Waals surface area contributed by atoms with Crippen LogP contribution >= 0.6 is 11.6 Å². The van der Waals surface area contributed by atoms with Crippen LogP contribution in [0.4, 0.5) is 0 Å². The van der Waals surface area contributed by atoms with E-state index in [1.165, 1.54) is 0 Å². The van der Waals surface area contributed by atoms with Crippen LogP contribution < -0.4 is 5.32 Å². The Labute approximate surface area is 89.4 Å². The molecule has 3 nitrogen and oxygen atoms in total. The van der Waals surface area contributed by atoms with Crippen LogP contribution in [0.5, 0.6) is 0 Å². The summed E-state index contributed by atoms with van der Waals surface area (Å²) in [5.41, 5.74) is 1.16. The van der Waals surface area contributed by atoms with Crippen LogP contribution in [0.1, 0.15) is 31.4 Å². The molecule has 1 aromatic heterocycles. The van der Waals surface area contributed by atoms with Gasteiger partial charge in [0.1, 0.15) is 5.15 Å². The quantitative estimate of drug-likeness (QED) is 0.815. The fourth-order valence-electron chi connectivity index (χ4n) is 1.93. The molecule has 1 aliphatic heterocycles. The topological polar surface area (TPSA) is 29.9 Å². The molecule has 2 rings (SSSR count). The highest BCUT2D eigenvalue weighted by molar-refractivity contribution is 6.30. The minimum absolute atomic E-state index is 0.490. The molecule has 2 heterocycles. The minimum Gasteiger partial charge on any atom is -0.317 e. The summed E-state index contributed by atoms with van der Waals surface area (Å²) < 4.78 is 1.99. The van der Waals surface area contributed by atoms with Crippen LogP contribution in [-0.2, 0) is 6.42 Å². The lowest BCUT2D eigenvalue weighted by atomic mass is 10.1. The Morgan fingerprint density at radius 1 is 1.57 bits per heavy atom. The molecule has 1 aliphatic rings. The molecule has 1 N–H and O–H groups in total. The predicted octanol–water partition coefficient (Wildman–Crippen LogP) is 2.02. The van der Waals surface area contributed by atoms with Crippen molar-refractivity contribution in [1.82, 2.24) is 15.1 Å². The van der Waals surface area contributed by atoms with Gasteiger partial charge in [-0.15, -0.1) is 0 Å². The number of aromatic nitrogens is 2. The molecular weight excluding hydrogens is 198 g/mol. The molecule has 0 unspecified atom stereocenters. The molecule has 78 valence electrons. The lowest BCUT2D eigenvalue weighted by Crippen LogP contribution is -2.29. The van der Waals surface area contributed by atoms with Crippen LogP contribution in [0.2, 0.25) is 5.15 Å². The van der Waals surface area contributed by atoms with E-state index < -0.39 is 0 Å². The summed E-state index contributed by atoms with van der Waals surface area (Å²) in [6.07, 6.45) is 5.11. The minimum atomic E-state index is 0.490. The van der Waals surface area contributed by atoms with Gasteiger partial charge in [-0.3, -0.25) is 4.68 Å². The number of nitrogens with one attached hydrogen (secondary N) is 1. The van der Waals surface area contributed by atoms with Crippen molar-refractivity contribution in [1.29, 1.82) is 0 Å². The van der Waals surface area contributed by atoms with Gasteiger partial charge in [-0.05, 0) is 32.4 Å². The number of piperidine rings is 1. The van der Waals surface area contributed by atoms with E-state index in [4.69, 9.17) is 11.6 Å². The molecule has 1 saturated heterocycles. The standard InChI is InChI=1S/C10H16ClN3/c1-2-8-7-13-14(10(8)11)9-3-5-12-6-4-9/h7,9,12H,2-6H2,1H3. The van der Waals surface area contributed by atoms with Gasteiger partial charge in [-0.2, -0.15) is 5.10 Å². The SMILES string of the molecule is CCc1cnn(C2CCNCC2)c1Cl. The Bertz CT molecular complexity index is 302. The van der Waals surface area contributed by atoms with Crippen molar-refractivity contribution in [2.24, 2.45) is 0 Å². The number of aryl methyl sites for hydroxylation is 1. The second-order valence-corrected chi connectivity index (χ2v) is 4.10. The van der Waals surface area contributed by atoms with Crippen LogP contribution in [0.25, 0.3) is 0 Å². The van der Waals surface area contributed by atoms with Gasteiger partial charge in [0, 0.05) is 5.56 Å². The summed E-state index contributed by atoms with van der Waals surface area (Å²) in [4.78, 5) is 0. The average Bonchev–Trinajstić information content (AvgIpc) is 2.61. The van der Waals surface area contributed by atoms with E-state index in [2.05, 4.69) is 17.3 Å². The molecule has 0 radical (unpaired) electrons. The molecular formula is C10H16ClN3.